The molecule has 1 fully saturated rings. The first kappa shape index (κ1) is 14.7. The Hall–Kier alpha value is -1.71. The van der Waals surface area contributed by atoms with Crippen molar-refractivity contribution >= 4 is 0 Å². The van der Waals surface area contributed by atoms with Gasteiger partial charge >= 0.3 is 0 Å². The van der Waals surface area contributed by atoms with Gasteiger partial charge in [0.2, 0.25) is 0 Å². The smallest absolute Gasteiger partial charge is 0.0602 e. The first-order valence-electron chi connectivity index (χ1n) is 7.00. The standard InChI is InChI=1S/C17H20N2.FH/c1-3-7-15(8-4-1)17(16-9-5-2-6-10-16)19-13-11-18-12-14-19;/h1-10,17-18H,11-14H2;1H. The maximum atomic E-state index is 3.43. The van der Waals surface area contributed by atoms with Crippen LogP contribution in [0.4, 0.5) is 4.70 Å². The molecule has 0 aromatic heterocycles. The van der Waals surface area contributed by atoms with Crippen LogP contribution in [-0.2, 0) is 0 Å². The zero-order chi connectivity index (χ0) is 12.9. The van der Waals surface area contributed by atoms with Gasteiger partial charge in [-0.1, -0.05) is 60.7 Å². The van der Waals surface area contributed by atoms with Gasteiger partial charge in [0.25, 0.3) is 0 Å². The minimum Gasteiger partial charge on any atom is -0.314 e. The summed E-state index contributed by atoms with van der Waals surface area (Å²) in [6, 6.07) is 22.0. The molecule has 20 heavy (non-hydrogen) atoms. The molecule has 2 aromatic rings. The molecule has 0 aliphatic carbocycles. The molecule has 1 N–H and O–H groups in total. The third-order valence-electron chi connectivity index (χ3n) is 3.75. The van der Waals surface area contributed by atoms with E-state index in [1.54, 1.807) is 0 Å². The van der Waals surface area contributed by atoms with Crippen molar-refractivity contribution in [2.75, 3.05) is 26.2 Å². The minimum absolute atomic E-state index is 0. The van der Waals surface area contributed by atoms with Gasteiger partial charge in [0.05, 0.1) is 6.04 Å². The number of hydrogen-bond donors (Lipinski definition) is 1. The Bertz CT molecular complexity index is 455. The van der Waals surface area contributed by atoms with Gasteiger partial charge in [0.1, 0.15) is 0 Å². The monoisotopic (exact) mass is 272 g/mol. The molecule has 0 bridgehead atoms. The topological polar surface area (TPSA) is 15.3 Å². The summed E-state index contributed by atoms with van der Waals surface area (Å²) in [4.78, 5) is 2.57. The van der Waals surface area contributed by atoms with Gasteiger partial charge in [-0.05, 0) is 11.1 Å². The van der Waals surface area contributed by atoms with Crippen molar-refractivity contribution in [1.29, 1.82) is 0 Å². The molecular weight excluding hydrogens is 251 g/mol. The SMILES string of the molecule is F.c1ccc(C(c2ccccc2)N2CCNCC2)cc1. The van der Waals surface area contributed by atoms with Crippen molar-refractivity contribution < 1.29 is 4.70 Å². The first-order chi connectivity index (χ1) is 9.45. The predicted octanol–water partition coefficient (Wildman–Crippen LogP) is 2.83. The second kappa shape index (κ2) is 7.17. The molecule has 0 spiro atoms. The van der Waals surface area contributed by atoms with Crippen molar-refractivity contribution in [2.24, 2.45) is 0 Å². The van der Waals surface area contributed by atoms with E-state index < -0.39 is 0 Å². The third kappa shape index (κ3) is 3.24. The van der Waals surface area contributed by atoms with Gasteiger partial charge < -0.3 is 5.32 Å². The van der Waals surface area contributed by atoms with E-state index in [1.165, 1.54) is 11.1 Å². The molecule has 1 aliphatic heterocycles. The molecule has 0 radical (unpaired) electrons. The van der Waals surface area contributed by atoms with E-state index in [-0.39, 0.29) is 4.70 Å². The largest absolute Gasteiger partial charge is 0.314 e. The molecule has 106 valence electrons. The number of nitrogens with one attached hydrogen (secondary N) is 1. The van der Waals surface area contributed by atoms with Crippen molar-refractivity contribution in [3.05, 3.63) is 71.8 Å². The first-order valence-corrected chi connectivity index (χ1v) is 7.00. The van der Waals surface area contributed by atoms with Crippen molar-refractivity contribution in [1.82, 2.24) is 10.2 Å². The van der Waals surface area contributed by atoms with Gasteiger partial charge in [-0.3, -0.25) is 9.60 Å². The van der Waals surface area contributed by atoms with E-state index in [4.69, 9.17) is 0 Å². The molecule has 1 saturated heterocycles. The molecule has 3 heteroatoms. The number of piperazine rings is 1. The van der Waals surface area contributed by atoms with Crippen LogP contribution in [0.1, 0.15) is 17.2 Å². The highest BCUT2D eigenvalue weighted by molar-refractivity contribution is 5.31. The molecule has 0 saturated carbocycles. The number of halogens is 1. The van der Waals surface area contributed by atoms with Crippen LogP contribution in [0.25, 0.3) is 0 Å². The minimum atomic E-state index is 0. The van der Waals surface area contributed by atoms with Crippen molar-refractivity contribution in [3.63, 3.8) is 0 Å². The Labute approximate surface area is 119 Å². The van der Waals surface area contributed by atoms with Gasteiger partial charge in [0, 0.05) is 26.2 Å². The van der Waals surface area contributed by atoms with E-state index in [1.807, 2.05) is 0 Å². The summed E-state index contributed by atoms with van der Waals surface area (Å²) in [5, 5.41) is 3.43. The molecular formula is C17H21FN2. The summed E-state index contributed by atoms with van der Waals surface area (Å²) in [6.07, 6.45) is 0. The summed E-state index contributed by atoms with van der Waals surface area (Å²) >= 11 is 0. The molecule has 1 aliphatic rings. The Morgan fingerprint density at radius 2 is 1.20 bits per heavy atom. The molecule has 3 rings (SSSR count). The van der Waals surface area contributed by atoms with Crippen LogP contribution in [0.3, 0.4) is 0 Å². The highest BCUT2D eigenvalue weighted by atomic mass is 19.0. The van der Waals surface area contributed by atoms with Gasteiger partial charge in [-0.15, -0.1) is 0 Å². The summed E-state index contributed by atoms with van der Waals surface area (Å²) < 4.78 is 0. The Kier molecular flexibility index (Phi) is 5.27. The fraction of sp³-hybridized carbons (Fsp3) is 0.294. The van der Waals surface area contributed by atoms with Crippen molar-refractivity contribution in [3.8, 4) is 0 Å². The summed E-state index contributed by atoms with van der Waals surface area (Å²) in [7, 11) is 0. The average molecular weight is 272 g/mol. The maximum Gasteiger partial charge on any atom is 0.0602 e. The highest BCUT2D eigenvalue weighted by Gasteiger charge is 2.23. The highest BCUT2D eigenvalue weighted by Crippen LogP contribution is 2.28. The van der Waals surface area contributed by atoms with E-state index in [9.17, 15) is 0 Å². The van der Waals surface area contributed by atoms with Crippen LogP contribution >= 0.6 is 0 Å². The lowest BCUT2D eigenvalue weighted by Gasteiger charge is -2.35. The van der Waals surface area contributed by atoms with Crippen LogP contribution in [0.5, 0.6) is 0 Å². The Morgan fingerprint density at radius 1 is 0.750 bits per heavy atom. The van der Waals surface area contributed by atoms with E-state index in [0.717, 1.165) is 26.2 Å². The molecule has 0 atom stereocenters. The maximum absolute atomic E-state index is 3.43. The lowest BCUT2D eigenvalue weighted by Crippen LogP contribution is -2.45. The van der Waals surface area contributed by atoms with Crippen molar-refractivity contribution in [2.45, 2.75) is 6.04 Å². The van der Waals surface area contributed by atoms with Gasteiger partial charge in [0.15, 0.2) is 0 Å². The number of nitrogens with zero attached hydrogens (tertiary/aromatic N) is 1. The van der Waals surface area contributed by atoms with Gasteiger partial charge in [-0.2, -0.15) is 0 Å². The quantitative estimate of drug-likeness (QED) is 0.924. The lowest BCUT2D eigenvalue weighted by atomic mass is 9.96. The molecule has 2 aromatic carbocycles. The summed E-state index contributed by atoms with van der Waals surface area (Å²) in [5.41, 5.74) is 2.77. The number of rotatable bonds is 3. The van der Waals surface area contributed by atoms with Gasteiger partial charge in [-0.25, -0.2) is 0 Å². The fourth-order valence-electron chi connectivity index (χ4n) is 2.83. The molecule has 0 amide bonds. The van der Waals surface area contributed by atoms with Crippen LogP contribution in [0, 0.1) is 0 Å². The van der Waals surface area contributed by atoms with Crippen LogP contribution in [0.15, 0.2) is 60.7 Å². The van der Waals surface area contributed by atoms with Crippen LogP contribution < -0.4 is 5.32 Å². The fourth-order valence-corrected chi connectivity index (χ4v) is 2.83. The van der Waals surface area contributed by atoms with E-state index in [2.05, 4.69) is 70.9 Å². The summed E-state index contributed by atoms with van der Waals surface area (Å²) in [6.45, 7) is 4.37. The number of hydrogen-bond acceptors (Lipinski definition) is 2. The lowest BCUT2D eigenvalue weighted by molar-refractivity contribution is 0.198. The predicted molar refractivity (Wildman–Crippen MR) is 81.7 cm³/mol. The second-order valence-corrected chi connectivity index (χ2v) is 5.01. The average Bonchev–Trinajstić information content (AvgIpc) is 2.51. The summed E-state index contributed by atoms with van der Waals surface area (Å²) in [5.74, 6) is 0. The third-order valence-corrected chi connectivity index (χ3v) is 3.75. The second-order valence-electron chi connectivity index (χ2n) is 5.01. The molecule has 0 unspecified atom stereocenters. The Morgan fingerprint density at radius 3 is 1.65 bits per heavy atom. The van der Waals surface area contributed by atoms with E-state index in [0.29, 0.717) is 6.04 Å². The number of benzene rings is 2. The molecule has 2 nitrogen and oxygen atoms in total. The zero-order valence-electron chi connectivity index (χ0n) is 11.5. The Balaban J connectivity index is 0.00000147. The normalized spacial score (nSPS) is 15.8. The van der Waals surface area contributed by atoms with Crippen LogP contribution in [-0.4, -0.2) is 31.1 Å². The van der Waals surface area contributed by atoms with Crippen LogP contribution in [0.2, 0.25) is 0 Å². The molecule has 1 heterocycles. The zero-order valence-corrected chi connectivity index (χ0v) is 11.5. The van der Waals surface area contributed by atoms with E-state index >= 15 is 0 Å².